The third-order valence-electron chi connectivity index (χ3n) is 1.21. The molecule has 0 aliphatic heterocycles. The molecule has 0 spiro atoms. The van der Waals surface area contributed by atoms with Crippen LogP contribution < -0.4 is 5.56 Å². The lowest BCUT2D eigenvalue weighted by atomic mass is 10.3. The van der Waals surface area contributed by atoms with Gasteiger partial charge in [0, 0.05) is 10.5 Å². The molecule has 0 aliphatic rings. The first-order valence-corrected chi connectivity index (χ1v) is 3.91. The van der Waals surface area contributed by atoms with Crippen molar-refractivity contribution in [1.82, 2.24) is 4.98 Å². The third-order valence-corrected chi connectivity index (χ3v) is 1.67. The van der Waals surface area contributed by atoms with Crippen molar-refractivity contribution in [1.29, 1.82) is 0 Å². The zero-order valence-corrected chi connectivity index (χ0v) is 7.84. The first-order valence-electron chi connectivity index (χ1n) is 3.11. The molecule has 0 bridgehead atoms. The van der Waals surface area contributed by atoms with Crippen LogP contribution in [0, 0.1) is 0 Å². The van der Waals surface area contributed by atoms with Crippen LogP contribution in [0.4, 0.5) is 0 Å². The van der Waals surface area contributed by atoms with E-state index >= 15 is 0 Å². The molecule has 1 heterocycles. The highest BCUT2D eigenvalue weighted by atomic mass is 79.9. The number of carbonyl (C=O) groups is 1. The molecule has 0 amide bonds. The summed E-state index contributed by atoms with van der Waals surface area (Å²) in [5, 5.41) is 0. The number of H-pyrrole nitrogens is 1. The van der Waals surface area contributed by atoms with Gasteiger partial charge in [-0.3, -0.25) is 4.79 Å². The highest BCUT2D eigenvalue weighted by Crippen LogP contribution is 2.07. The van der Waals surface area contributed by atoms with Crippen LogP contribution in [-0.4, -0.2) is 18.1 Å². The van der Waals surface area contributed by atoms with E-state index in [9.17, 15) is 9.59 Å². The summed E-state index contributed by atoms with van der Waals surface area (Å²) in [5.41, 5.74) is -0.207. The number of carbonyl (C=O) groups excluding carboxylic acids is 1. The van der Waals surface area contributed by atoms with E-state index in [1.54, 1.807) is 0 Å². The lowest BCUT2D eigenvalue weighted by Gasteiger charge is -1.97. The van der Waals surface area contributed by atoms with Crippen LogP contribution in [-0.2, 0) is 4.74 Å². The maximum atomic E-state index is 10.9. The van der Waals surface area contributed by atoms with E-state index in [1.807, 2.05) is 0 Å². The molecule has 0 fully saturated rings. The van der Waals surface area contributed by atoms with Gasteiger partial charge in [-0.1, -0.05) is 15.9 Å². The Labute approximate surface area is 76.7 Å². The van der Waals surface area contributed by atoms with Gasteiger partial charge in [0.1, 0.15) is 5.69 Å². The molecule has 0 radical (unpaired) electrons. The van der Waals surface area contributed by atoms with Crippen molar-refractivity contribution in [2.24, 2.45) is 0 Å². The van der Waals surface area contributed by atoms with Crippen molar-refractivity contribution >= 4 is 21.9 Å². The first kappa shape index (κ1) is 8.99. The molecule has 4 nitrogen and oxygen atoms in total. The summed E-state index contributed by atoms with van der Waals surface area (Å²) in [7, 11) is 1.25. The number of methoxy groups -OCH3 is 1. The van der Waals surface area contributed by atoms with Crippen molar-refractivity contribution in [2.45, 2.75) is 0 Å². The molecule has 1 N–H and O–H groups in total. The van der Waals surface area contributed by atoms with Gasteiger partial charge >= 0.3 is 5.97 Å². The number of rotatable bonds is 1. The van der Waals surface area contributed by atoms with Gasteiger partial charge in [0.15, 0.2) is 0 Å². The Morgan fingerprint density at radius 3 is 2.75 bits per heavy atom. The number of hydrogen-bond donors (Lipinski definition) is 1. The Balaban J connectivity index is 3.17. The minimum absolute atomic E-state index is 0.136. The van der Waals surface area contributed by atoms with Gasteiger partial charge in [0.05, 0.1) is 7.11 Å². The van der Waals surface area contributed by atoms with Crippen LogP contribution in [0.2, 0.25) is 0 Å². The van der Waals surface area contributed by atoms with Crippen LogP contribution in [0.3, 0.4) is 0 Å². The van der Waals surface area contributed by atoms with Crippen molar-refractivity contribution in [2.75, 3.05) is 7.11 Å². The molecule has 5 heteroatoms. The van der Waals surface area contributed by atoms with E-state index < -0.39 is 5.97 Å². The van der Waals surface area contributed by atoms with Crippen LogP contribution in [0.25, 0.3) is 0 Å². The third kappa shape index (κ3) is 1.94. The van der Waals surface area contributed by atoms with Crippen LogP contribution in [0.5, 0.6) is 0 Å². The molecule has 0 saturated heterocycles. The average Bonchev–Trinajstić information content (AvgIpc) is 2.01. The summed E-state index contributed by atoms with van der Waals surface area (Å²) < 4.78 is 4.96. The van der Waals surface area contributed by atoms with E-state index in [-0.39, 0.29) is 11.3 Å². The second-order valence-electron chi connectivity index (χ2n) is 2.07. The fraction of sp³-hybridized carbons (Fsp3) is 0.143. The summed E-state index contributed by atoms with van der Waals surface area (Å²) in [6.07, 6.45) is 0. The maximum Gasteiger partial charge on any atom is 0.354 e. The Kier molecular flexibility index (Phi) is 2.65. The first-order chi connectivity index (χ1) is 5.63. The number of nitrogens with one attached hydrogen (secondary N) is 1. The molecule has 64 valence electrons. The number of hydrogen-bond acceptors (Lipinski definition) is 3. The van der Waals surface area contributed by atoms with Gasteiger partial charge in [0.25, 0.3) is 0 Å². The lowest BCUT2D eigenvalue weighted by molar-refractivity contribution is 0.0593. The van der Waals surface area contributed by atoms with E-state index in [4.69, 9.17) is 0 Å². The van der Waals surface area contributed by atoms with Crippen molar-refractivity contribution < 1.29 is 9.53 Å². The molecule has 0 aromatic carbocycles. The van der Waals surface area contributed by atoms with Crippen LogP contribution in [0.1, 0.15) is 10.5 Å². The van der Waals surface area contributed by atoms with E-state index in [2.05, 4.69) is 25.7 Å². The highest BCUT2D eigenvalue weighted by Gasteiger charge is 2.06. The number of esters is 1. The summed E-state index contributed by atoms with van der Waals surface area (Å²) in [6.45, 7) is 0. The number of pyridine rings is 1. The monoisotopic (exact) mass is 231 g/mol. The number of ether oxygens (including phenoxy) is 1. The molecule has 0 unspecified atom stereocenters. The summed E-state index contributed by atoms with van der Waals surface area (Å²) in [4.78, 5) is 24.1. The Hall–Kier alpha value is -1.10. The maximum absolute atomic E-state index is 10.9. The fourth-order valence-electron chi connectivity index (χ4n) is 0.730. The standard InChI is InChI=1S/C7H6BrNO3/c1-12-7(11)5-2-4(8)3-6(10)9-5/h2-3H,1H3,(H,9,10). The second kappa shape index (κ2) is 3.53. The highest BCUT2D eigenvalue weighted by molar-refractivity contribution is 9.10. The van der Waals surface area contributed by atoms with Crippen molar-refractivity contribution in [3.63, 3.8) is 0 Å². The van der Waals surface area contributed by atoms with Gasteiger partial charge < -0.3 is 9.72 Å². The summed E-state index contributed by atoms with van der Waals surface area (Å²) in [6, 6.07) is 2.81. The van der Waals surface area contributed by atoms with Gasteiger partial charge in [-0.2, -0.15) is 0 Å². The SMILES string of the molecule is COC(=O)c1cc(Br)cc(=O)[nH]1. The molecule has 1 aromatic rings. The van der Waals surface area contributed by atoms with E-state index in [0.29, 0.717) is 4.47 Å². The molecule has 0 atom stereocenters. The molecular formula is C7H6BrNO3. The van der Waals surface area contributed by atoms with Gasteiger partial charge in [-0.05, 0) is 6.07 Å². The lowest BCUT2D eigenvalue weighted by Crippen LogP contribution is -2.12. The number of halogens is 1. The minimum atomic E-state index is -0.562. The largest absolute Gasteiger partial charge is 0.464 e. The summed E-state index contributed by atoms with van der Waals surface area (Å²) in [5.74, 6) is -0.562. The van der Waals surface area contributed by atoms with Gasteiger partial charge in [-0.25, -0.2) is 4.79 Å². The molecule has 12 heavy (non-hydrogen) atoms. The Bertz CT molecular complexity index is 358. The minimum Gasteiger partial charge on any atom is -0.464 e. The van der Waals surface area contributed by atoms with Crippen molar-refractivity contribution in [3.8, 4) is 0 Å². The molecule has 0 aliphatic carbocycles. The molecule has 1 rings (SSSR count). The van der Waals surface area contributed by atoms with Crippen molar-refractivity contribution in [3.05, 3.63) is 32.7 Å². The predicted molar refractivity (Wildman–Crippen MR) is 46.1 cm³/mol. The molecular weight excluding hydrogens is 226 g/mol. The Morgan fingerprint density at radius 1 is 1.58 bits per heavy atom. The van der Waals surface area contributed by atoms with E-state index in [1.165, 1.54) is 19.2 Å². The smallest absolute Gasteiger partial charge is 0.354 e. The Morgan fingerprint density at radius 2 is 2.25 bits per heavy atom. The second-order valence-corrected chi connectivity index (χ2v) is 2.98. The normalized spacial score (nSPS) is 9.50. The molecule has 1 aromatic heterocycles. The zero-order chi connectivity index (χ0) is 9.14. The van der Waals surface area contributed by atoms with Gasteiger partial charge in [-0.15, -0.1) is 0 Å². The topological polar surface area (TPSA) is 59.2 Å². The average molecular weight is 232 g/mol. The predicted octanol–water partition coefficient (Wildman–Crippen LogP) is 0.924. The summed E-state index contributed by atoms with van der Waals surface area (Å²) >= 11 is 3.08. The molecule has 0 saturated carbocycles. The van der Waals surface area contributed by atoms with Crippen LogP contribution >= 0.6 is 15.9 Å². The quantitative estimate of drug-likeness (QED) is 0.732. The number of aromatic nitrogens is 1. The number of aromatic amines is 1. The fourth-order valence-corrected chi connectivity index (χ4v) is 1.17. The van der Waals surface area contributed by atoms with Gasteiger partial charge in [0.2, 0.25) is 5.56 Å². The van der Waals surface area contributed by atoms with Crippen LogP contribution in [0.15, 0.2) is 21.4 Å². The zero-order valence-electron chi connectivity index (χ0n) is 6.26. The van der Waals surface area contributed by atoms with E-state index in [0.717, 1.165) is 0 Å².